The Bertz CT molecular complexity index is 606. The average molecular weight is 272 g/mol. The van der Waals surface area contributed by atoms with Gasteiger partial charge < -0.3 is 4.90 Å². The molecule has 0 saturated heterocycles. The van der Waals surface area contributed by atoms with Crippen LogP contribution in [0.25, 0.3) is 0 Å². The van der Waals surface area contributed by atoms with Crippen molar-refractivity contribution in [2.75, 3.05) is 4.90 Å². The fraction of sp³-hybridized carbons (Fsp3) is 0.0500. The molecule has 3 aromatic carbocycles. The van der Waals surface area contributed by atoms with E-state index in [2.05, 4.69) is 90.3 Å². The SMILES string of the molecule is [CH](c1ccccc1)N(Cc1ccccc1)c1ccccc1. The zero-order chi connectivity index (χ0) is 14.3. The number of benzene rings is 3. The lowest BCUT2D eigenvalue weighted by Gasteiger charge is -2.24. The van der Waals surface area contributed by atoms with E-state index in [1.807, 2.05) is 12.1 Å². The lowest BCUT2D eigenvalue weighted by molar-refractivity contribution is 0.921. The van der Waals surface area contributed by atoms with Gasteiger partial charge in [0.15, 0.2) is 0 Å². The van der Waals surface area contributed by atoms with Gasteiger partial charge >= 0.3 is 0 Å². The standard InChI is InChI=1S/C20H18N/c1-4-10-18(11-5-1)16-21(20-14-8-3-9-15-20)17-19-12-6-2-7-13-19/h1-16H,17H2. The van der Waals surface area contributed by atoms with Gasteiger partial charge in [0.25, 0.3) is 0 Å². The Hall–Kier alpha value is -2.54. The summed E-state index contributed by atoms with van der Waals surface area (Å²) < 4.78 is 0. The molecule has 0 spiro atoms. The van der Waals surface area contributed by atoms with Crippen molar-refractivity contribution in [3.8, 4) is 0 Å². The summed E-state index contributed by atoms with van der Waals surface area (Å²) in [6, 6.07) is 31.5. The molecule has 0 aliphatic carbocycles. The third-order valence-corrected chi connectivity index (χ3v) is 3.39. The van der Waals surface area contributed by atoms with Crippen LogP contribution in [0.5, 0.6) is 0 Å². The molecule has 1 nitrogen and oxygen atoms in total. The van der Waals surface area contributed by atoms with E-state index in [0.717, 1.165) is 6.54 Å². The van der Waals surface area contributed by atoms with Crippen LogP contribution in [0.4, 0.5) is 5.69 Å². The summed E-state index contributed by atoms with van der Waals surface area (Å²) in [5.41, 5.74) is 3.70. The Labute approximate surface area is 126 Å². The topological polar surface area (TPSA) is 3.24 Å². The monoisotopic (exact) mass is 272 g/mol. The van der Waals surface area contributed by atoms with Crippen LogP contribution < -0.4 is 4.90 Å². The fourth-order valence-electron chi connectivity index (χ4n) is 2.33. The van der Waals surface area contributed by atoms with Crippen molar-refractivity contribution in [2.45, 2.75) is 6.54 Å². The van der Waals surface area contributed by atoms with E-state index in [4.69, 9.17) is 0 Å². The molecule has 1 radical (unpaired) electrons. The third-order valence-electron chi connectivity index (χ3n) is 3.39. The van der Waals surface area contributed by atoms with E-state index in [1.165, 1.54) is 16.8 Å². The molecule has 0 N–H and O–H groups in total. The molecule has 0 aliphatic heterocycles. The number of anilines is 1. The van der Waals surface area contributed by atoms with Crippen LogP contribution in [0.2, 0.25) is 0 Å². The Morgan fingerprint density at radius 1 is 0.619 bits per heavy atom. The molecule has 1 heteroatoms. The summed E-state index contributed by atoms with van der Waals surface area (Å²) in [5, 5.41) is 0. The molecule has 103 valence electrons. The number of nitrogens with zero attached hydrogens (tertiary/aromatic N) is 1. The van der Waals surface area contributed by atoms with Crippen LogP contribution in [-0.2, 0) is 6.54 Å². The molecule has 0 bridgehead atoms. The van der Waals surface area contributed by atoms with Crippen molar-refractivity contribution in [1.82, 2.24) is 0 Å². The van der Waals surface area contributed by atoms with Gasteiger partial charge in [0.1, 0.15) is 0 Å². The number of rotatable bonds is 5. The molecular weight excluding hydrogens is 254 g/mol. The summed E-state index contributed by atoms with van der Waals surface area (Å²) in [6.07, 6.45) is 0. The van der Waals surface area contributed by atoms with Crippen LogP contribution >= 0.6 is 0 Å². The van der Waals surface area contributed by atoms with E-state index in [0.29, 0.717) is 0 Å². The highest BCUT2D eigenvalue weighted by molar-refractivity contribution is 5.51. The molecule has 0 fully saturated rings. The molecular formula is C20H18N. The molecule has 0 amide bonds. The normalized spacial score (nSPS) is 10.3. The summed E-state index contributed by atoms with van der Waals surface area (Å²) in [4.78, 5) is 2.28. The number of para-hydroxylation sites is 1. The molecule has 0 atom stereocenters. The summed E-state index contributed by atoms with van der Waals surface area (Å²) in [7, 11) is 0. The molecule has 0 aromatic heterocycles. The van der Waals surface area contributed by atoms with Gasteiger partial charge in [-0.3, -0.25) is 0 Å². The predicted molar refractivity (Wildman–Crippen MR) is 88.9 cm³/mol. The van der Waals surface area contributed by atoms with E-state index in [9.17, 15) is 0 Å². The first-order chi connectivity index (χ1) is 10.4. The summed E-state index contributed by atoms with van der Waals surface area (Å²) >= 11 is 0. The second-order valence-corrected chi connectivity index (χ2v) is 4.99. The molecule has 0 unspecified atom stereocenters. The highest BCUT2D eigenvalue weighted by Gasteiger charge is 2.08. The van der Waals surface area contributed by atoms with E-state index in [1.54, 1.807) is 0 Å². The minimum atomic E-state index is 0.861. The average Bonchev–Trinajstić information content (AvgIpc) is 2.57. The predicted octanol–water partition coefficient (Wildman–Crippen LogP) is 4.90. The smallest absolute Gasteiger partial charge is 0.0791 e. The third kappa shape index (κ3) is 3.73. The fourth-order valence-corrected chi connectivity index (χ4v) is 2.33. The van der Waals surface area contributed by atoms with Gasteiger partial charge in [-0.25, -0.2) is 0 Å². The van der Waals surface area contributed by atoms with Crippen molar-refractivity contribution in [3.05, 3.63) is 109 Å². The van der Waals surface area contributed by atoms with E-state index < -0.39 is 0 Å². The van der Waals surface area contributed by atoms with Gasteiger partial charge in [0.05, 0.1) is 6.54 Å². The number of hydrogen-bond acceptors (Lipinski definition) is 1. The van der Waals surface area contributed by atoms with Crippen LogP contribution in [0.1, 0.15) is 11.1 Å². The Morgan fingerprint density at radius 2 is 1.14 bits per heavy atom. The van der Waals surface area contributed by atoms with Gasteiger partial charge in [-0.15, -0.1) is 0 Å². The van der Waals surface area contributed by atoms with Gasteiger partial charge in [-0.05, 0) is 23.3 Å². The van der Waals surface area contributed by atoms with E-state index >= 15 is 0 Å². The van der Waals surface area contributed by atoms with Crippen LogP contribution in [0, 0.1) is 6.54 Å². The highest BCUT2D eigenvalue weighted by Crippen LogP contribution is 2.21. The van der Waals surface area contributed by atoms with Crippen LogP contribution in [-0.4, -0.2) is 0 Å². The lowest BCUT2D eigenvalue weighted by Crippen LogP contribution is -2.19. The first kappa shape index (κ1) is 13.4. The zero-order valence-electron chi connectivity index (χ0n) is 11.9. The quantitative estimate of drug-likeness (QED) is 0.638. The largest absolute Gasteiger partial charge is 0.358 e. The maximum atomic E-state index is 2.28. The maximum absolute atomic E-state index is 2.28. The van der Waals surface area contributed by atoms with Crippen molar-refractivity contribution >= 4 is 5.69 Å². The van der Waals surface area contributed by atoms with Gasteiger partial charge in [0.2, 0.25) is 0 Å². The van der Waals surface area contributed by atoms with Crippen LogP contribution in [0.15, 0.2) is 91.0 Å². The molecule has 0 heterocycles. The van der Waals surface area contributed by atoms with Crippen LogP contribution in [0.3, 0.4) is 0 Å². The van der Waals surface area contributed by atoms with Crippen molar-refractivity contribution < 1.29 is 0 Å². The lowest BCUT2D eigenvalue weighted by atomic mass is 10.1. The second kappa shape index (κ2) is 6.76. The summed E-state index contributed by atoms with van der Waals surface area (Å²) in [5.74, 6) is 0. The van der Waals surface area contributed by atoms with E-state index in [-0.39, 0.29) is 0 Å². The first-order valence-electron chi connectivity index (χ1n) is 7.17. The zero-order valence-corrected chi connectivity index (χ0v) is 11.9. The Balaban J connectivity index is 1.84. The summed E-state index contributed by atoms with van der Waals surface area (Å²) in [6.45, 7) is 3.06. The van der Waals surface area contributed by atoms with Crippen molar-refractivity contribution in [1.29, 1.82) is 0 Å². The Morgan fingerprint density at radius 3 is 1.76 bits per heavy atom. The molecule has 0 aliphatic rings. The Kier molecular flexibility index (Phi) is 4.33. The first-order valence-corrected chi connectivity index (χ1v) is 7.17. The molecule has 21 heavy (non-hydrogen) atoms. The molecule has 0 saturated carbocycles. The van der Waals surface area contributed by atoms with Crippen molar-refractivity contribution in [3.63, 3.8) is 0 Å². The van der Waals surface area contributed by atoms with Gasteiger partial charge in [-0.2, -0.15) is 0 Å². The second-order valence-electron chi connectivity index (χ2n) is 4.99. The van der Waals surface area contributed by atoms with Gasteiger partial charge in [-0.1, -0.05) is 78.9 Å². The minimum Gasteiger partial charge on any atom is -0.358 e. The molecule has 3 aromatic rings. The highest BCUT2D eigenvalue weighted by atomic mass is 15.1. The number of hydrogen-bond donors (Lipinski definition) is 0. The van der Waals surface area contributed by atoms with Gasteiger partial charge in [0, 0.05) is 12.2 Å². The minimum absolute atomic E-state index is 0.861. The maximum Gasteiger partial charge on any atom is 0.0791 e. The molecule has 3 rings (SSSR count). The van der Waals surface area contributed by atoms with Crippen molar-refractivity contribution in [2.24, 2.45) is 0 Å².